The second-order valence-electron chi connectivity index (χ2n) is 4.19. The molecule has 0 unspecified atom stereocenters. The van der Waals surface area contributed by atoms with Crippen LogP contribution in [0.4, 0.5) is 0 Å². The zero-order chi connectivity index (χ0) is 12.3. The summed E-state index contributed by atoms with van der Waals surface area (Å²) in [6.45, 7) is 4.94. The van der Waals surface area contributed by atoms with Crippen LogP contribution in [0.15, 0.2) is 30.5 Å². The van der Waals surface area contributed by atoms with Crippen molar-refractivity contribution in [1.82, 2.24) is 9.78 Å². The molecule has 1 aromatic carbocycles. The molecule has 0 saturated carbocycles. The number of rotatable bonds is 4. The molecule has 0 aliphatic heterocycles. The highest BCUT2D eigenvalue weighted by Gasteiger charge is 2.09. The van der Waals surface area contributed by atoms with Crippen LogP contribution in [0.25, 0.3) is 5.69 Å². The smallest absolute Gasteiger partial charge is 0.0680 e. The van der Waals surface area contributed by atoms with Gasteiger partial charge < -0.3 is 5.73 Å². The van der Waals surface area contributed by atoms with E-state index in [-0.39, 0.29) is 0 Å². The van der Waals surface area contributed by atoms with E-state index in [1.165, 1.54) is 22.5 Å². The maximum Gasteiger partial charge on any atom is 0.0680 e. The fraction of sp³-hybridized carbons (Fsp3) is 0.357. The Morgan fingerprint density at radius 1 is 1.24 bits per heavy atom. The lowest BCUT2D eigenvalue weighted by Crippen LogP contribution is -2.06. The van der Waals surface area contributed by atoms with Gasteiger partial charge in [0.15, 0.2) is 0 Å². The third kappa shape index (κ3) is 2.24. The first-order chi connectivity index (χ1) is 8.27. The first-order valence-corrected chi connectivity index (χ1v) is 6.09. The summed E-state index contributed by atoms with van der Waals surface area (Å²) >= 11 is 0. The van der Waals surface area contributed by atoms with E-state index in [1.54, 1.807) is 0 Å². The second kappa shape index (κ2) is 5.15. The quantitative estimate of drug-likeness (QED) is 0.873. The molecular weight excluding hydrogens is 210 g/mol. The molecule has 0 bridgehead atoms. The monoisotopic (exact) mass is 229 g/mol. The molecule has 0 aliphatic carbocycles. The van der Waals surface area contributed by atoms with Crippen molar-refractivity contribution in [2.45, 2.75) is 26.7 Å². The Labute approximate surface area is 102 Å². The first-order valence-electron chi connectivity index (χ1n) is 6.09. The molecule has 0 atom stereocenters. The third-order valence-electron chi connectivity index (χ3n) is 3.13. The summed E-state index contributed by atoms with van der Waals surface area (Å²) in [5.41, 5.74) is 10.5. The molecule has 0 saturated heterocycles. The van der Waals surface area contributed by atoms with Gasteiger partial charge in [-0.1, -0.05) is 25.1 Å². The number of aryl methyl sites for hydroxylation is 1. The Hall–Kier alpha value is -1.61. The summed E-state index contributed by atoms with van der Waals surface area (Å²) in [6, 6.07) is 8.39. The average Bonchev–Trinajstić information content (AvgIpc) is 2.72. The van der Waals surface area contributed by atoms with Crippen LogP contribution in [0.1, 0.15) is 23.7 Å². The van der Waals surface area contributed by atoms with Crippen molar-refractivity contribution < 1.29 is 0 Å². The van der Waals surface area contributed by atoms with Crippen LogP contribution >= 0.6 is 0 Å². The topological polar surface area (TPSA) is 43.8 Å². The fourth-order valence-electron chi connectivity index (χ4n) is 2.10. The number of hydrogen-bond acceptors (Lipinski definition) is 2. The molecule has 90 valence electrons. The van der Waals surface area contributed by atoms with Crippen molar-refractivity contribution in [3.63, 3.8) is 0 Å². The van der Waals surface area contributed by atoms with Gasteiger partial charge in [0.05, 0.1) is 11.9 Å². The van der Waals surface area contributed by atoms with Gasteiger partial charge >= 0.3 is 0 Å². The van der Waals surface area contributed by atoms with Crippen molar-refractivity contribution in [2.24, 2.45) is 5.73 Å². The van der Waals surface area contributed by atoms with Crippen LogP contribution in [-0.2, 0) is 12.8 Å². The van der Waals surface area contributed by atoms with Crippen molar-refractivity contribution in [3.05, 3.63) is 47.3 Å². The molecule has 1 aromatic heterocycles. The molecule has 1 heterocycles. The zero-order valence-electron chi connectivity index (χ0n) is 10.5. The van der Waals surface area contributed by atoms with Gasteiger partial charge in [-0.3, -0.25) is 0 Å². The highest BCUT2D eigenvalue weighted by molar-refractivity contribution is 5.42. The Bertz CT molecular complexity index is 500. The van der Waals surface area contributed by atoms with Crippen molar-refractivity contribution >= 4 is 0 Å². The third-order valence-corrected chi connectivity index (χ3v) is 3.13. The number of hydrogen-bond donors (Lipinski definition) is 1. The summed E-state index contributed by atoms with van der Waals surface area (Å²) in [5.74, 6) is 0. The van der Waals surface area contributed by atoms with Crippen molar-refractivity contribution in [2.75, 3.05) is 6.54 Å². The van der Waals surface area contributed by atoms with Crippen LogP contribution in [0.3, 0.4) is 0 Å². The van der Waals surface area contributed by atoms with E-state index in [9.17, 15) is 0 Å². The number of aromatic nitrogens is 2. The van der Waals surface area contributed by atoms with Gasteiger partial charge in [0.25, 0.3) is 0 Å². The Morgan fingerprint density at radius 2 is 2.00 bits per heavy atom. The first kappa shape index (κ1) is 11.9. The van der Waals surface area contributed by atoms with Gasteiger partial charge in [-0.05, 0) is 43.5 Å². The summed E-state index contributed by atoms with van der Waals surface area (Å²) in [6.07, 6.45) is 3.83. The van der Waals surface area contributed by atoms with Gasteiger partial charge in [0.2, 0.25) is 0 Å². The van der Waals surface area contributed by atoms with E-state index in [1.807, 2.05) is 10.9 Å². The Balaban J connectivity index is 2.46. The average molecular weight is 229 g/mol. The lowest BCUT2D eigenvalue weighted by molar-refractivity contribution is 0.828. The van der Waals surface area contributed by atoms with Gasteiger partial charge in [0, 0.05) is 5.69 Å². The lowest BCUT2D eigenvalue weighted by Gasteiger charge is -2.10. The van der Waals surface area contributed by atoms with E-state index < -0.39 is 0 Å². The molecule has 2 N–H and O–H groups in total. The second-order valence-corrected chi connectivity index (χ2v) is 4.19. The number of nitrogens with zero attached hydrogens (tertiary/aromatic N) is 2. The zero-order valence-corrected chi connectivity index (χ0v) is 10.5. The molecule has 2 aromatic rings. The van der Waals surface area contributed by atoms with Gasteiger partial charge in [-0.15, -0.1) is 0 Å². The summed E-state index contributed by atoms with van der Waals surface area (Å²) in [4.78, 5) is 0. The SMILES string of the molecule is CCc1ccccc1-n1ncc(CCN)c1C. The van der Waals surface area contributed by atoms with Gasteiger partial charge in [0.1, 0.15) is 0 Å². The van der Waals surface area contributed by atoms with E-state index in [4.69, 9.17) is 5.73 Å². The molecule has 2 rings (SSSR count). The van der Waals surface area contributed by atoms with Crippen LogP contribution in [-0.4, -0.2) is 16.3 Å². The number of benzene rings is 1. The van der Waals surface area contributed by atoms with Crippen LogP contribution in [0.2, 0.25) is 0 Å². The van der Waals surface area contributed by atoms with Crippen LogP contribution in [0, 0.1) is 6.92 Å². The Morgan fingerprint density at radius 3 is 2.71 bits per heavy atom. The molecule has 3 nitrogen and oxygen atoms in total. The summed E-state index contributed by atoms with van der Waals surface area (Å²) < 4.78 is 2.02. The van der Waals surface area contributed by atoms with E-state index >= 15 is 0 Å². The van der Waals surface area contributed by atoms with Gasteiger partial charge in [-0.25, -0.2) is 4.68 Å². The molecule has 0 amide bonds. The normalized spacial score (nSPS) is 10.8. The van der Waals surface area contributed by atoms with Crippen LogP contribution in [0.5, 0.6) is 0 Å². The predicted octanol–water partition coefficient (Wildman–Crippen LogP) is 2.24. The minimum Gasteiger partial charge on any atom is -0.330 e. The Kier molecular flexibility index (Phi) is 3.59. The molecule has 0 radical (unpaired) electrons. The maximum atomic E-state index is 5.60. The summed E-state index contributed by atoms with van der Waals surface area (Å²) in [7, 11) is 0. The molecule has 0 spiro atoms. The standard InChI is InChI=1S/C14H19N3/c1-3-12-6-4-5-7-14(12)17-11(2)13(8-9-15)10-16-17/h4-7,10H,3,8-9,15H2,1-2H3. The lowest BCUT2D eigenvalue weighted by atomic mass is 10.1. The molecule has 0 aliphatic rings. The maximum absolute atomic E-state index is 5.60. The highest BCUT2D eigenvalue weighted by Crippen LogP contribution is 2.18. The minimum absolute atomic E-state index is 0.669. The number of nitrogens with two attached hydrogens (primary N) is 1. The molecule has 3 heteroatoms. The molecule has 0 fully saturated rings. The van der Waals surface area contributed by atoms with Crippen molar-refractivity contribution in [1.29, 1.82) is 0 Å². The van der Waals surface area contributed by atoms with Crippen LogP contribution < -0.4 is 5.73 Å². The molecule has 17 heavy (non-hydrogen) atoms. The van der Waals surface area contributed by atoms with E-state index in [0.29, 0.717) is 6.54 Å². The number of para-hydroxylation sites is 1. The largest absolute Gasteiger partial charge is 0.330 e. The predicted molar refractivity (Wildman–Crippen MR) is 70.4 cm³/mol. The highest BCUT2D eigenvalue weighted by atomic mass is 15.3. The molecular formula is C14H19N3. The summed E-state index contributed by atoms with van der Waals surface area (Å²) in [5, 5.41) is 4.47. The van der Waals surface area contributed by atoms with Gasteiger partial charge in [-0.2, -0.15) is 5.10 Å². The van der Waals surface area contributed by atoms with E-state index in [0.717, 1.165) is 12.8 Å². The fourth-order valence-corrected chi connectivity index (χ4v) is 2.10. The minimum atomic E-state index is 0.669. The van der Waals surface area contributed by atoms with Crippen molar-refractivity contribution in [3.8, 4) is 5.69 Å². The van der Waals surface area contributed by atoms with E-state index in [2.05, 4.69) is 43.2 Å².